The molecule has 18 heavy (non-hydrogen) atoms. The summed E-state index contributed by atoms with van der Waals surface area (Å²) in [7, 11) is 0. The van der Waals surface area contributed by atoms with Gasteiger partial charge in [-0.2, -0.15) is 0 Å². The Bertz CT molecular complexity index is 527. The first-order chi connectivity index (χ1) is 8.70. The van der Waals surface area contributed by atoms with Gasteiger partial charge in [-0.05, 0) is 31.2 Å². The van der Waals surface area contributed by atoms with E-state index in [4.69, 9.17) is 16.0 Å². The summed E-state index contributed by atoms with van der Waals surface area (Å²) in [5, 5.41) is 14.7. The van der Waals surface area contributed by atoms with Crippen LogP contribution in [0, 0.1) is 6.92 Å². The summed E-state index contributed by atoms with van der Waals surface area (Å²) in [4.78, 5) is 0. The van der Waals surface area contributed by atoms with Crippen molar-refractivity contribution in [2.24, 2.45) is 0 Å². The van der Waals surface area contributed by atoms with Crippen LogP contribution in [-0.2, 0) is 6.54 Å². The molecular weight excluding hydrogens is 252 g/mol. The molecular formula is C12H15ClN4O. The second-order valence-electron chi connectivity index (χ2n) is 3.82. The van der Waals surface area contributed by atoms with Crippen LogP contribution < -0.4 is 10.6 Å². The highest BCUT2D eigenvalue weighted by atomic mass is 35.5. The normalized spacial score (nSPS) is 10.6. The number of halogens is 1. The molecule has 2 aromatic rings. The lowest BCUT2D eigenvalue weighted by atomic mass is 10.2. The zero-order valence-electron chi connectivity index (χ0n) is 10.3. The van der Waals surface area contributed by atoms with E-state index in [1.165, 1.54) is 0 Å². The van der Waals surface area contributed by atoms with Gasteiger partial charge in [0.25, 0.3) is 0 Å². The van der Waals surface area contributed by atoms with Gasteiger partial charge in [0.1, 0.15) is 0 Å². The van der Waals surface area contributed by atoms with Crippen LogP contribution in [0.3, 0.4) is 0 Å². The van der Waals surface area contributed by atoms with Gasteiger partial charge >= 0.3 is 6.01 Å². The molecule has 0 aliphatic carbocycles. The molecule has 1 aromatic heterocycles. The molecule has 6 heteroatoms. The Balaban J connectivity index is 2.09. The van der Waals surface area contributed by atoms with E-state index in [0.717, 1.165) is 17.8 Å². The molecule has 1 heterocycles. The van der Waals surface area contributed by atoms with Crippen LogP contribution in [0.2, 0.25) is 5.02 Å². The fourth-order valence-corrected chi connectivity index (χ4v) is 1.64. The molecule has 2 N–H and O–H groups in total. The number of nitrogens with zero attached hydrogens (tertiary/aromatic N) is 2. The van der Waals surface area contributed by atoms with Gasteiger partial charge in [0.2, 0.25) is 5.89 Å². The molecule has 96 valence electrons. The summed E-state index contributed by atoms with van der Waals surface area (Å²) in [6.07, 6.45) is 0. The maximum absolute atomic E-state index is 6.04. The Labute approximate surface area is 111 Å². The number of hydrogen-bond donors (Lipinski definition) is 2. The van der Waals surface area contributed by atoms with Crippen LogP contribution >= 0.6 is 11.6 Å². The largest absolute Gasteiger partial charge is 0.406 e. The second-order valence-corrected chi connectivity index (χ2v) is 4.23. The fraction of sp³-hybridized carbons (Fsp3) is 0.333. The molecule has 0 saturated carbocycles. The molecule has 0 fully saturated rings. The topological polar surface area (TPSA) is 63.0 Å². The Morgan fingerprint density at radius 3 is 2.94 bits per heavy atom. The first kappa shape index (κ1) is 12.9. The molecule has 0 spiro atoms. The quantitative estimate of drug-likeness (QED) is 0.871. The fourth-order valence-electron chi connectivity index (χ4n) is 1.47. The van der Waals surface area contributed by atoms with Gasteiger partial charge in [-0.3, -0.25) is 0 Å². The Hall–Kier alpha value is -1.59. The van der Waals surface area contributed by atoms with Gasteiger partial charge in [0.15, 0.2) is 0 Å². The average molecular weight is 267 g/mol. The van der Waals surface area contributed by atoms with Crippen molar-refractivity contribution in [2.75, 3.05) is 11.9 Å². The first-order valence-electron chi connectivity index (χ1n) is 5.76. The number of benzene rings is 1. The van der Waals surface area contributed by atoms with Gasteiger partial charge in [0, 0.05) is 10.7 Å². The van der Waals surface area contributed by atoms with Crippen LogP contribution in [0.5, 0.6) is 0 Å². The number of aromatic nitrogens is 2. The number of anilines is 2. The van der Waals surface area contributed by atoms with Crippen LogP contribution in [0.15, 0.2) is 22.6 Å². The first-order valence-corrected chi connectivity index (χ1v) is 6.13. The van der Waals surface area contributed by atoms with E-state index in [-0.39, 0.29) is 0 Å². The van der Waals surface area contributed by atoms with Gasteiger partial charge < -0.3 is 15.1 Å². The predicted octanol–water partition coefficient (Wildman–Crippen LogP) is 2.88. The van der Waals surface area contributed by atoms with Crippen molar-refractivity contribution in [2.45, 2.75) is 20.4 Å². The smallest absolute Gasteiger partial charge is 0.320 e. The zero-order valence-corrected chi connectivity index (χ0v) is 11.1. The lowest BCUT2D eigenvalue weighted by molar-refractivity contribution is 0.484. The molecule has 0 bridgehead atoms. The summed E-state index contributed by atoms with van der Waals surface area (Å²) in [6.45, 7) is 5.38. The molecule has 0 radical (unpaired) electrons. The third-order valence-electron chi connectivity index (χ3n) is 2.50. The van der Waals surface area contributed by atoms with Crippen molar-refractivity contribution in [1.29, 1.82) is 0 Å². The van der Waals surface area contributed by atoms with Gasteiger partial charge in [-0.15, -0.1) is 5.10 Å². The van der Waals surface area contributed by atoms with Gasteiger partial charge in [-0.1, -0.05) is 29.7 Å². The van der Waals surface area contributed by atoms with Crippen LogP contribution in [-0.4, -0.2) is 16.7 Å². The summed E-state index contributed by atoms with van der Waals surface area (Å²) in [5.41, 5.74) is 1.81. The number of rotatable bonds is 5. The maximum Gasteiger partial charge on any atom is 0.320 e. The minimum absolute atomic E-state index is 0.369. The second kappa shape index (κ2) is 5.84. The molecule has 0 amide bonds. The van der Waals surface area contributed by atoms with E-state index in [1.807, 2.05) is 32.0 Å². The van der Waals surface area contributed by atoms with Crippen molar-refractivity contribution >= 4 is 23.3 Å². The highest BCUT2D eigenvalue weighted by molar-refractivity contribution is 6.31. The molecule has 0 saturated heterocycles. The van der Waals surface area contributed by atoms with E-state index in [9.17, 15) is 0 Å². The molecule has 0 unspecified atom stereocenters. The van der Waals surface area contributed by atoms with Crippen LogP contribution in [0.4, 0.5) is 11.7 Å². The molecule has 0 aliphatic heterocycles. The highest BCUT2D eigenvalue weighted by Crippen LogP contribution is 2.25. The van der Waals surface area contributed by atoms with Crippen molar-refractivity contribution in [3.05, 3.63) is 34.7 Å². The van der Waals surface area contributed by atoms with E-state index >= 15 is 0 Å². The monoisotopic (exact) mass is 266 g/mol. The van der Waals surface area contributed by atoms with Crippen molar-refractivity contribution in [3.8, 4) is 0 Å². The summed E-state index contributed by atoms with van der Waals surface area (Å²) < 4.78 is 5.45. The zero-order chi connectivity index (χ0) is 13.0. The highest BCUT2D eigenvalue weighted by Gasteiger charge is 2.08. The molecule has 0 aliphatic rings. The van der Waals surface area contributed by atoms with Crippen molar-refractivity contribution in [3.63, 3.8) is 0 Å². The summed E-state index contributed by atoms with van der Waals surface area (Å²) in [6, 6.07) is 5.99. The third-order valence-corrected chi connectivity index (χ3v) is 2.91. The molecule has 0 atom stereocenters. The Morgan fingerprint density at radius 1 is 1.33 bits per heavy atom. The minimum atomic E-state index is 0.369. The number of nitrogens with one attached hydrogen (secondary N) is 2. The van der Waals surface area contributed by atoms with Crippen LogP contribution in [0.25, 0.3) is 0 Å². The van der Waals surface area contributed by atoms with E-state index < -0.39 is 0 Å². The average Bonchev–Trinajstić information content (AvgIpc) is 2.80. The van der Waals surface area contributed by atoms with Gasteiger partial charge in [-0.25, -0.2) is 0 Å². The van der Waals surface area contributed by atoms with E-state index in [1.54, 1.807) is 0 Å². The molecule has 1 aromatic carbocycles. The lowest BCUT2D eigenvalue weighted by Crippen LogP contribution is -2.11. The third kappa shape index (κ3) is 3.00. The van der Waals surface area contributed by atoms with Gasteiger partial charge in [0.05, 0.1) is 6.54 Å². The maximum atomic E-state index is 6.04. The van der Waals surface area contributed by atoms with Crippen LogP contribution in [0.1, 0.15) is 18.4 Å². The lowest BCUT2D eigenvalue weighted by Gasteiger charge is -2.06. The molecule has 2 rings (SSSR count). The summed E-state index contributed by atoms with van der Waals surface area (Å²) >= 11 is 6.04. The summed E-state index contributed by atoms with van der Waals surface area (Å²) in [5.74, 6) is 0.555. The Kier molecular flexibility index (Phi) is 4.17. The van der Waals surface area contributed by atoms with E-state index in [2.05, 4.69) is 20.8 Å². The standard InChI is InChI=1S/C12H15ClN4O/c1-3-14-7-11-16-17-12(18-11)15-10-6-4-5-9(13)8(10)2/h4-6,14H,3,7H2,1-2H3,(H,15,17). The minimum Gasteiger partial charge on any atom is -0.406 e. The molecule has 5 nitrogen and oxygen atoms in total. The SMILES string of the molecule is CCNCc1nnc(Nc2cccc(Cl)c2C)o1. The van der Waals surface area contributed by atoms with Crippen molar-refractivity contribution in [1.82, 2.24) is 15.5 Å². The predicted molar refractivity (Wildman–Crippen MR) is 71.2 cm³/mol. The van der Waals surface area contributed by atoms with E-state index in [0.29, 0.717) is 23.5 Å². The van der Waals surface area contributed by atoms with Crippen molar-refractivity contribution < 1.29 is 4.42 Å². The Morgan fingerprint density at radius 2 is 2.17 bits per heavy atom. The number of hydrogen-bond acceptors (Lipinski definition) is 5.